The van der Waals surface area contributed by atoms with Crippen molar-refractivity contribution >= 4 is 17.8 Å². The SMILES string of the molecule is CC(C)C[C@@H](C(=O)O)N(CC(=O)[C@@H]1CCCN1)C(=O)OC(C)(C)C. The van der Waals surface area contributed by atoms with Crippen LogP contribution in [0, 0.1) is 5.92 Å². The van der Waals surface area contributed by atoms with Gasteiger partial charge in [0.2, 0.25) is 0 Å². The van der Waals surface area contributed by atoms with Gasteiger partial charge in [0.05, 0.1) is 12.6 Å². The van der Waals surface area contributed by atoms with Crippen LogP contribution < -0.4 is 5.32 Å². The van der Waals surface area contributed by atoms with Crippen LogP contribution in [0.3, 0.4) is 0 Å². The van der Waals surface area contributed by atoms with E-state index in [1.807, 2.05) is 13.8 Å². The summed E-state index contributed by atoms with van der Waals surface area (Å²) in [4.78, 5) is 37.7. The summed E-state index contributed by atoms with van der Waals surface area (Å²) in [7, 11) is 0. The number of amides is 1. The lowest BCUT2D eigenvalue weighted by atomic mass is 10.0. The molecule has 0 aromatic heterocycles. The molecule has 0 bridgehead atoms. The summed E-state index contributed by atoms with van der Waals surface area (Å²) in [6, 6.07) is -1.39. The van der Waals surface area contributed by atoms with Crippen LogP contribution in [0.5, 0.6) is 0 Å². The maximum atomic E-state index is 12.5. The second kappa shape index (κ2) is 8.46. The summed E-state index contributed by atoms with van der Waals surface area (Å²) in [5, 5.41) is 12.6. The first-order valence-electron chi connectivity index (χ1n) is 8.49. The van der Waals surface area contributed by atoms with Gasteiger partial charge in [-0.15, -0.1) is 0 Å². The molecule has 138 valence electrons. The van der Waals surface area contributed by atoms with E-state index in [9.17, 15) is 19.5 Å². The second-order valence-electron chi connectivity index (χ2n) is 7.71. The molecule has 0 aromatic rings. The van der Waals surface area contributed by atoms with E-state index < -0.39 is 23.7 Å². The van der Waals surface area contributed by atoms with E-state index >= 15 is 0 Å². The summed E-state index contributed by atoms with van der Waals surface area (Å²) in [5.74, 6) is -1.23. The number of nitrogens with zero attached hydrogens (tertiary/aromatic N) is 1. The van der Waals surface area contributed by atoms with Gasteiger partial charge < -0.3 is 15.2 Å². The lowest BCUT2D eigenvalue weighted by Crippen LogP contribution is -2.52. The average Bonchev–Trinajstić information content (AvgIpc) is 2.93. The number of carboxylic acids is 1. The molecular weight excluding hydrogens is 312 g/mol. The van der Waals surface area contributed by atoms with E-state index in [2.05, 4.69) is 5.32 Å². The molecule has 1 fully saturated rings. The molecule has 1 aliphatic heterocycles. The Morgan fingerprint density at radius 1 is 1.29 bits per heavy atom. The van der Waals surface area contributed by atoms with Crippen molar-refractivity contribution in [3.05, 3.63) is 0 Å². The Bertz CT molecular complexity index is 464. The van der Waals surface area contributed by atoms with E-state index in [1.54, 1.807) is 20.8 Å². The minimum absolute atomic E-state index is 0.0655. The molecule has 1 aliphatic rings. The number of carbonyl (C=O) groups is 3. The van der Waals surface area contributed by atoms with Crippen LogP contribution >= 0.6 is 0 Å². The molecule has 2 N–H and O–H groups in total. The predicted molar refractivity (Wildman–Crippen MR) is 89.9 cm³/mol. The molecule has 1 saturated heterocycles. The number of rotatable bonds is 7. The maximum absolute atomic E-state index is 12.5. The van der Waals surface area contributed by atoms with Crippen LogP contribution in [-0.2, 0) is 14.3 Å². The molecule has 0 aromatic carbocycles. The van der Waals surface area contributed by atoms with Crippen molar-refractivity contribution in [3.8, 4) is 0 Å². The van der Waals surface area contributed by atoms with Crippen molar-refractivity contribution in [3.63, 3.8) is 0 Å². The van der Waals surface area contributed by atoms with Gasteiger partial charge in [-0.05, 0) is 52.5 Å². The number of ketones is 1. The Kier molecular flexibility index (Phi) is 7.20. The zero-order valence-electron chi connectivity index (χ0n) is 15.3. The number of hydrogen-bond acceptors (Lipinski definition) is 5. The lowest BCUT2D eigenvalue weighted by molar-refractivity contribution is -0.144. The number of carbonyl (C=O) groups excluding carboxylic acids is 2. The minimum atomic E-state index is -1.12. The monoisotopic (exact) mass is 342 g/mol. The number of Topliss-reactive ketones (excluding diaryl/α,β-unsaturated/α-hetero) is 1. The van der Waals surface area contributed by atoms with Crippen LogP contribution in [0.1, 0.15) is 53.9 Å². The average molecular weight is 342 g/mol. The molecule has 7 nitrogen and oxygen atoms in total. The third kappa shape index (κ3) is 6.47. The predicted octanol–water partition coefficient (Wildman–Crippen LogP) is 2.04. The van der Waals surface area contributed by atoms with E-state index in [0.29, 0.717) is 6.42 Å². The van der Waals surface area contributed by atoms with Crippen molar-refractivity contribution < 1.29 is 24.2 Å². The molecule has 0 saturated carbocycles. The largest absolute Gasteiger partial charge is 0.480 e. The third-order valence-corrected chi connectivity index (χ3v) is 3.76. The molecule has 1 heterocycles. The van der Waals surface area contributed by atoms with Gasteiger partial charge in [-0.2, -0.15) is 0 Å². The smallest absolute Gasteiger partial charge is 0.411 e. The van der Waals surface area contributed by atoms with Gasteiger partial charge in [0, 0.05) is 0 Å². The fourth-order valence-electron chi connectivity index (χ4n) is 2.67. The Hall–Kier alpha value is -1.63. The zero-order valence-corrected chi connectivity index (χ0v) is 15.3. The van der Waals surface area contributed by atoms with Crippen molar-refractivity contribution in [2.24, 2.45) is 5.92 Å². The first-order chi connectivity index (χ1) is 11.0. The fourth-order valence-corrected chi connectivity index (χ4v) is 2.67. The van der Waals surface area contributed by atoms with E-state index in [0.717, 1.165) is 17.9 Å². The molecule has 0 unspecified atom stereocenters. The molecule has 1 amide bonds. The van der Waals surface area contributed by atoms with Crippen molar-refractivity contribution in [2.45, 2.75) is 71.6 Å². The first-order valence-corrected chi connectivity index (χ1v) is 8.49. The van der Waals surface area contributed by atoms with Gasteiger partial charge in [0.1, 0.15) is 11.6 Å². The number of nitrogens with one attached hydrogen (secondary N) is 1. The maximum Gasteiger partial charge on any atom is 0.411 e. The van der Waals surface area contributed by atoms with Gasteiger partial charge in [-0.1, -0.05) is 13.8 Å². The van der Waals surface area contributed by atoms with Crippen LogP contribution in [0.25, 0.3) is 0 Å². The minimum Gasteiger partial charge on any atom is -0.480 e. The molecular formula is C17H30N2O5. The zero-order chi connectivity index (χ0) is 18.5. The summed E-state index contributed by atoms with van der Waals surface area (Å²) in [5.41, 5.74) is -0.759. The quantitative estimate of drug-likeness (QED) is 0.735. The normalized spacial score (nSPS) is 19.2. The molecule has 0 aliphatic carbocycles. The highest BCUT2D eigenvalue weighted by Gasteiger charge is 2.36. The van der Waals surface area contributed by atoms with Gasteiger partial charge in [-0.3, -0.25) is 9.69 Å². The van der Waals surface area contributed by atoms with Crippen LogP contribution in [0.4, 0.5) is 4.79 Å². The summed E-state index contributed by atoms with van der Waals surface area (Å²) in [6.07, 6.45) is 1.11. The number of carboxylic acid groups (broad SMARTS) is 1. The number of hydrogen-bond donors (Lipinski definition) is 2. The Morgan fingerprint density at radius 3 is 2.33 bits per heavy atom. The Labute approximate surface area is 143 Å². The second-order valence-corrected chi connectivity index (χ2v) is 7.71. The number of ether oxygens (including phenoxy) is 1. The molecule has 0 radical (unpaired) electrons. The molecule has 1 rings (SSSR count). The number of aliphatic carboxylic acids is 1. The summed E-state index contributed by atoms with van der Waals surface area (Å²) >= 11 is 0. The van der Waals surface area contributed by atoms with Crippen molar-refractivity contribution in [1.29, 1.82) is 0 Å². The van der Waals surface area contributed by atoms with Crippen LogP contribution in [0.15, 0.2) is 0 Å². The summed E-state index contributed by atoms with van der Waals surface area (Å²) in [6.45, 7) is 9.39. The van der Waals surface area contributed by atoms with E-state index in [4.69, 9.17) is 4.74 Å². The summed E-state index contributed by atoms with van der Waals surface area (Å²) < 4.78 is 5.33. The Morgan fingerprint density at radius 2 is 1.92 bits per heavy atom. The standard InChI is InChI=1S/C17H30N2O5/c1-11(2)9-13(15(21)22)19(16(23)24-17(3,4)5)10-14(20)12-7-6-8-18-12/h11-13,18H,6-10H2,1-5H3,(H,21,22)/t12-,13-/m0/s1. The van der Waals surface area contributed by atoms with Crippen molar-refractivity contribution in [1.82, 2.24) is 10.2 Å². The van der Waals surface area contributed by atoms with E-state index in [1.165, 1.54) is 0 Å². The van der Waals surface area contributed by atoms with Crippen molar-refractivity contribution in [2.75, 3.05) is 13.1 Å². The fraction of sp³-hybridized carbons (Fsp3) is 0.824. The highest BCUT2D eigenvalue weighted by molar-refractivity contribution is 5.90. The van der Waals surface area contributed by atoms with Gasteiger partial charge in [0.25, 0.3) is 0 Å². The first kappa shape index (κ1) is 20.4. The molecule has 7 heteroatoms. The molecule has 0 spiro atoms. The molecule has 2 atom stereocenters. The highest BCUT2D eigenvalue weighted by Crippen LogP contribution is 2.18. The topological polar surface area (TPSA) is 95.9 Å². The molecule has 24 heavy (non-hydrogen) atoms. The highest BCUT2D eigenvalue weighted by atomic mass is 16.6. The van der Waals surface area contributed by atoms with Crippen LogP contribution in [0.2, 0.25) is 0 Å². The van der Waals surface area contributed by atoms with E-state index in [-0.39, 0.29) is 30.7 Å². The Balaban J connectivity index is 2.97. The van der Waals surface area contributed by atoms with Gasteiger partial charge in [-0.25, -0.2) is 9.59 Å². The lowest BCUT2D eigenvalue weighted by Gasteiger charge is -2.32. The third-order valence-electron chi connectivity index (χ3n) is 3.76. The van der Waals surface area contributed by atoms with Gasteiger partial charge >= 0.3 is 12.1 Å². The van der Waals surface area contributed by atoms with Gasteiger partial charge in [0.15, 0.2) is 5.78 Å². The van der Waals surface area contributed by atoms with Crippen LogP contribution in [-0.4, -0.2) is 58.6 Å².